The van der Waals surface area contributed by atoms with Crippen molar-refractivity contribution < 1.29 is 4.74 Å². The molecule has 0 aromatic heterocycles. The fraction of sp³-hybridized carbons (Fsp3) is 0.182. The van der Waals surface area contributed by atoms with Gasteiger partial charge in [0.15, 0.2) is 0 Å². The Hall–Kier alpha value is -2.74. The summed E-state index contributed by atoms with van der Waals surface area (Å²) in [6, 6.07) is 25.4. The van der Waals surface area contributed by atoms with Gasteiger partial charge in [-0.05, 0) is 54.8 Å². The van der Waals surface area contributed by atoms with E-state index in [1.54, 1.807) is 7.11 Å². The van der Waals surface area contributed by atoms with E-state index in [1.165, 1.54) is 22.3 Å². The zero-order chi connectivity index (χ0) is 16.9. The number of hydrogen-bond acceptors (Lipinski definition) is 2. The smallest absolute Gasteiger partial charge is 0.119 e. The molecule has 0 aliphatic heterocycles. The van der Waals surface area contributed by atoms with Crippen molar-refractivity contribution in [2.24, 2.45) is 0 Å². The summed E-state index contributed by atoms with van der Waals surface area (Å²) in [7, 11) is 1.69. The number of aryl methyl sites for hydroxylation is 2. The summed E-state index contributed by atoms with van der Waals surface area (Å²) in [6.07, 6.45) is 0. The van der Waals surface area contributed by atoms with E-state index in [9.17, 15) is 0 Å². The van der Waals surface area contributed by atoms with E-state index in [4.69, 9.17) is 4.74 Å². The Balaban J connectivity index is 1.98. The van der Waals surface area contributed by atoms with Crippen LogP contribution in [-0.4, -0.2) is 7.11 Å². The van der Waals surface area contributed by atoms with Crippen LogP contribution in [0.25, 0.3) is 0 Å². The first kappa shape index (κ1) is 16.1. The van der Waals surface area contributed by atoms with Gasteiger partial charge in [-0.2, -0.15) is 0 Å². The summed E-state index contributed by atoms with van der Waals surface area (Å²) < 4.78 is 5.25. The molecule has 3 rings (SSSR count). The highest BCUT2D eigenvalue weighted by Gasteiger charge is 2.16. The molecule has 1 unspecified atom stereocenters. The van der Waals surface area contributed by atoms with Crippen molar-refractivity contribution in [2.45, 2.75) is 19.9 Å². The topological polar surface area (TPSA) is 21.3 Å². The van der Waals surface area contributed by atoms with Crippen molar-refractivity contribution in [1.82, 2.24) is 0 Å². The Labute approximate surface area is 144 Å². The molecule has 0 amide bonds. The van der Waals surface area contributed by atoms with Crippen LogP contribution in [0.15, 0.2) is 72.8 Å². The minimum absolute atomic E-state index is 0.111. The summed E-state index contributed by atoms with van der Waals surface area (Å²) in [5, 5.41) is 3.67. The normalized spacial score (nSPS) is 11.8. The third-order valence-corrected chi connectivity index (χ3v) is 4.31. The van der Waals surface area contributed by atoms with E-state index < -0.39 is 0 Å². The summed E-state index contributed by atoms with van der Waals surface area (Å²) >= 11 is 0. The van der Waals surface area contributed by atoms with Crippen molar-refractivity contribution in [3.8, 4) is 5.75 Å². The van der Waals surface area contributed by atoms with Gasteiger partial charge in [0.1, 0.15) is 5.75 Å². The Morgan fingerprint density at radius 3 is 2.08 bits per heavy atom. The molecule has 3 aromatic rings. The van der Waals surface area contributed by atoms with Crippen LogP contribution >= 0.6 is 0 Å². The van der Waals surface area contributed by atoms with Gasteiger partial charge in [-0.15, -0.1) is 0 Å². The number of rotatable bonds is 5. The molecule has 122 valence electrons. The molecule has 0 aliphatic rings. The molecule has 2 nitrogen and oxygen atoms in total. The van der Waals surface area contributed by atoms with Crippen molar-refractivity contribution in [2.75, 3.05) is 12.4 Å². The van der Waals surface area contributed by atoms with E-state index in [0.717, 1.165) is 11.4 Å². The number of ether oxygens (including phenoxy) is 1. The zero-order valence-electron chi connectivity index (χ0n) is 14.4. The Bertz CT molecular complexity index is 791. The SMILES string of the molecule is COc1ccc(NC(c2ccc(C)cc2)c2ccccc2C)cc1. The van der Waals surface area contributed by atoms with Crippen LogP contribution in [-0.2, 0) is 0 Å². The standard InChI is InChI=1S/C22H23NO/c1-16-8-10-18(11-9-16)22(21-7-5-4-6-17(21)2)23-19-12-14-20(24-3)15-13-19/h4-15,22-23H,1-3H3. The second-order valence-corrected chi connectivity index (χ2v) is 6.07. The fourth-order valence-corrected chi connectivity index (χ4v) is 2.86. The second kappa shape index (κ2) is 7.22. The Morgan fingerprint density at radius 1 is 0.792 bits per heavy atom. The van der Waals surface area contributed by atoms with Crippen molar-refractivity contribution in [3.63, 3.8) is 0 Å². The van der Waals surface area contributed by atoms with Crippen LogP contribution in [0.2, 0.25) is 0 Å². The van der Waals surface area contributed by atoms with E-state index in [2.05, 4.69) is 79.8 Å². The third-order valence-electron chi connectivity index (χ3n) is 4.31. The number of methoxy groups -OCH3 is 1. The van der Waals surface area contributed by atoms with Gasteiger partial charge in [0.25, 0.3) is 0 Å². The number of anilines is 1. The van der Waals surface area contributed by atoms with Gasteiger partial charge in [0.05, 0.1) is 13.2 Å². The van der Waals surface area contributed by atoms with Crippen molar-refractivity contribution in [1.29, 1.82) is 0 Å². The molecule has 2 heteroatoms. The monoisotopic (exact) mass is 317 g/mol. The maximum atomic E-state index is 5.25. The first-order valence-corrected chi connectivity index (χ1v) is 8.20. The van der Waals surface area contributed by atoms with Gasteiger partial charge in [-0.1, -0.05) is 54.1 Å². The molecule has 0 aliphatic carbocycles. The second-order valence-electron chi connectivity index (χ2n) is 6.07. The highest BCUT2D eigenvalue weighted by molar-refractivity contribution is 5.52. The number of nitrogens with one attached hydrogen (secondary N) is 1. The maximum absolute atomic E-state index is 5.25. The molecule has 0 radical (unpaired) electrons. The van der Waals surface area contributed by atoms with E-state index >= 15 is 0 Å². The van der Waals surface area contributed by atoms with Gasteiger partial charge < -0.3 is 10.1 Å². The van der Waals surface area contributed by atoms with Crippen LogP contribution in [0.4, 0.5) is 5.69 Å². The molecular formula is C22H23NO. The van der Waals surface area contributed by atoms with Gasteiger partial charge in [-0.25, -0.2) is 0 Å². The van der Waals surface area contributed by atoms with E-state index in [0.29, 0.717) is 0 Å². The van der Waals surface area contributed by atoms with Crippen molar-refractivity contribution >= 4 is 5.69 Å². The van der Waals surface area contributed by atoms with Crippen LogP contribution in [0, 0.1) is 13.8 Å². The summed E-state index contributed by atoms with van der Waals surface area (Å²) in [5.41, 5.74) is 6.17. The molecule has 0 fully saturated rings. The largest absolute Gasteiger partial charge is 0.497 e. The predicted octanol–water partition coefficient (Wildman–Crippen LogP) is 5.51. The lowest BCUT2D eigenvalue weighted by Gasteiger charge is -2.23. The average molecular weight is 317 g/mol. The van der Waals surface area contributed by atoms with Gasteiger partial charge in [0.2, 0.25) is 0 Å². The first-order valence-electron chi connectivity index (χ1n) is 8.20. The first-order chi connectivity index (χ1) is 11.7. The van der Waals surface area contributed by atoms with Gasteiger partial charge in [-0.3, -0.25) is 0 Å². The molecular weight excluding hydrogens is 294 g/mol. The lowest BCUT2D eigenvalue weighted by atomic mass is 9.94. The van der Waals surface area contributed by atoms with Crippen molar-refractivity contribution in [3.05, 3.63) is 95.1 Å². The summed E-state index contributed by atoms with van der Waals surface area (Å²) in [5.74, 6) is 0.864. The highest BCUT2D eigenvalue weighted by Crippen LogP contribution is 2.29. The van der Waals surface area contributed by atoms with E-state index in [-0.39, 0.29) is 6.04 Å². The average Bonchev–Trinajstić information content (AvgIpc) is 2.62. The number of hydrogen-bond donors (Lipinski definition) is 1. The Kier molecular flexibility index (Phi) is 4.85. The molecule has 1 atom stereocenters. The molecule has 0 saturated carbocycles. The molecule has 0 spiro atoms. The maximum Gasteiger partial charge on any atom is 0.119 e. The highest BCUT2D eigenvalue weighted by atomic mass is 16.5. The lowest BCUT2D eigenvalue weighted by molar-refractivity contribution is 0.415. The van der Waals surface area contributed by atoms with Crippen LogP contribution in [0.1, 0.15) is 28.3 Å². The fourth-order valence-electron chi connectivity index (χ4n) is 2.86. The minimum atomic E-state index is 0.111. The summed E-state index contributed by atoms with van der Waals surface area (Å²) in [6.45, 7) is 4.27. The van der Waals surface area contributed by atoms with Crippen LogP contribution < -0.4 is 10.1 Å². The molecule has 3 aromatic carbocycles. The quantitative estimate of drug-likeness (QED) is 0.669. The summed E-state index contributed by atoms with van der Waals surface area (Å²) in [4.78, 5) is 0. The van der Waals surface area contributed by atoms with Gasteiger partial charge in [0, 0.05) is 5.69 Å². The zero-order valence-corrected chi connectivity index (χ0v) is 14.4. The predicted molar refractivity (Wildman–Crippen MR) is 101 cm³/mol. The van der Waals surface area contributed by atoms with Crippen LogP contribution in [0.3, 0.4) is 0 Å². The molecule has 0 saturated heterocycles. The third kappa shape index (κ3) is 3.60. The Morgan fingerprint density at radius 2 is 1.46 bits per heavy atom. The van der Waals surface area contributed by atoms with Crippen LogP contribution in [0.5, 0.6) is 5.75 Å². The molecule has 1 N–H and O–H groups in total. The number of benzene rings is 3. The molecule has 24 heavy (non-hydrogen) atoms. The minimum Gasteiger partial charge on any atom is -0.497 e. The van der Waals surface area contributed by atoms with Gasteiger partial charge >= 0.3 is 0 Å². The molecule has 0 heterocycles. The van der Waals surface area contributed by atoms with E-state index in [1.807, 2.05) is 12.1 Å². The molecule has 0 bridgehead atoms. The lowest BCUT2D eigenvalue weighted by Crippen LogP contribution is -2.13.